The third-order valence-corrected chi connectivity index (χ3v) is 2.90. The smallest absolute Gasteiger partial charge is 0.218 e. The number of primary amides is 1. The van der Waals surface area contributed by atoms with Gasteiger partial charge in [-0.25, -0.2) is 0 Å². The number of nitrogens with two attached hydrogens (primary N) is 1. The van der Waals surface area contributed by atoms with Crippen LogP contribution in [-0.2, 0) is 4.79 Å². The van der Waals surface area contributed by atoms with Crippen LogP contribution in [0.5, 0.6) is 0 Å². The van der Waals surface area contributed by atoms with Crippen LogP contribution in [0.4, 0.5) is 0 Å². The maximum Gasteiger partial charge on any atom is 0.218 e. The second-order valence-corrected chi connectivity index (χ2v) is 4.08. The van der Waals surface area contributed by atoms with Crippen LogP contribution in [0, 0.1) is 0 Å². The topological polar surface area (TPSA) is 46.3 Å². The zero-order valence-electron chi connectivity index (χ0n) is 8.58. The number of amides is 1. The van der Waals surface area contributed by atoms with Crippen LogP contribution < -0.4 is 5.73 Å². The molecule has 0 bridgehead atoms. The van der Waals surface area contributed by atoms with Crippen molar-refractivity contribution in [3.05, 3.63) is 0 Å². The molecule has 0 saturated carbocycles. The van der Waals surface area contributed by atoms with Crippen molar-refractivity contribution in [1.29, 1.82) is 0 Å². The summed E-state index contributed by atoms with van der Waals surface area (Å²) in [6.07, 6.45) is 0.503. The molecule has 0 spiro atoms. The van der Waals surface area contributed by atoms with Crippen molar-refractivity contribution < 1.29 is 4.79 Å². The molecule has 4 heteroatoms. The van der Waals surface area contributed by atoms with Crippen molar-refractivity contribution in [3.63, 3.8) is 0 Å². The Morgan fingerprint density at radius 3 is 2.38 bits per heavy atom. The Hall–Kier alpha value is -0.220. The van der Waals surface area contributed by atoms with E-state index in [-0.39, 0.29) is 5.91 Å². The third-order valence-electron chi connectivity index (χ3n) is 1.94. The van der Waals surface area contributed by atoms with E-state index < -0.39 is 0 Å². The molecule has 0 fully saturated rings. The van der Waals surface area contributed by atoms with E-state index in [2.05, 4.69) is 18.7 Å². The molecule has 0 saturated heterocycles. The monoisotopic (exact) mass is 204 g/mol. The van der Waals surface area contributed by atoms with Crippen molar-refractivity contribution in [2.24, 2.45) is 5.73 Å². The van der Waals surface area contributed by atoms with Gasteiger partial charge in [-0.15, -0.1) is 0 Å². The van der Waals surface area contributed by atoms with Crippen molar-refractivity contribution in [3.8, 4) is 0 Å². The first-order valence-corrected chi connectivity index (χ1v) is 5.94. The van der Waals surface area contributed by atoms with E-state index in [0.29, 0.717) is 6.42 Å². The standard InChI is InChI=1S/C9H20N2OS/c1-3-11(4-2)6-8-13-7-5-9(10)12/h3-8H2,1-2H3,(H2,10,12). The van der Waals surface area contributed by atoms with Gasteiger partial charge in [0.15, 0.2) is 0 Å². The first kappa shape index (κ1) is 12.8. The molecule has 0 heterocycles. The molecular formula is C9H20N2OS. The maximum atomic E-state index is 10.4. The predicted molar refractivity (Wildman–Crippen MR) is 58.9 cm³/mol. The molecule has 13 heavy (non-hydrogen) atoms. The maximum absolute atomic E-state index is 10.4. The van der Waals surface area contributed by atoms with E-state index in [9.17, 15) is 4.79 Å². The molecule has 0 atom stereocenters. The van der Waals surface area contributed by atoms with Gasteiger partial charge in [-0.3, -0.25) is 4.79 Å². The number of thioether (sulfide) groups is 1. The fourth-order valence-corrected chi connectivity index (χ4v) is 1.95. The minimum atomic E-state index is -0.199. The molecule has 2 N–H and O–H groups in total. The normalized spacial score (nSPS) is 10.7. The quantitative estimate of drug-likeness (QED) is 0.598. The lowest BCUT2D eigenvalue weighted by Gasteiger charge is -2.16. The van der Waals surface area contributed by atoms with E-state index in [1.54, 1.807) is 11.8 Å². The Morgan fingerprint density at radius 1 is 1.31 bits per heavy atom. The molecule has 0 aliphatic rings. The van der Waals surface area contributed by atoms with Gasteiger partial charge in [0.1, 0.15) is 0 Å². The molecule has 3 nitrogen and oxygen atoms in total. The first-order chi connectivity index (χ1) is 6.20. The number of rotatable bonds is 8. The van der Waals surface area contributed by atoms with Crippen LogP contribution in [0.3, 0.4) is 0 Å². The van der Waals surface area contributed by atoms with Gasteiger partial charge in [0.05, 0.1) is 0 Å². The third kappa shape index (κ3) is 8.12. The molecule has 78 valence electrons. The lowest BCUT2D eigenvalue weighted by Crippen LogP contribution is -2.25. The number of carbonyl (C=O) groups excluding carboxylic acids is 1. The van der Waals surface area contributed by atoms with Gasteiger partial charge in [-0.05, 0) is 13.1 Å². The van der Waals surface area contributed by atoms with Gasteiger partial charge in [-0.2, -0.15) is 11.8 Å². The summed E-state index contributed by atoms with van der Waals surface area (Å²) < 4.78 is 0. The van der Waals surface area contributed by atoms with Crippen LogP contribution in [0.25, 0.3) is 0 Å². The second kappa shape index (κ2) is 8.38. The SMILES string of the molecule is CCN(CC)CCSCCC(N)=O. The Balaban J connectivity index is 3.19. The lowest BCUT2D eigenvalue weighted by atomic mass is 10.5. The zero-order valence-corrected chi connectivity index (χ0v) is 9.40. The van der Waals surface area contributed by atoms with E-state index in [1.807, 2.05) is 0 Å². The largest absolute Gasteiger partial charge is 0.370 e. The van der Waals surface area contributed by atoms with Crippen LogP contribution >= 0.6 is 11.8 Å². The van der Waals surface area contributed by atoms with Gasteiger partial charge < -0.3 is 10.6 Å². The molecule has 0 aromatic heterocycles. The summed E-state index contributed by atoms with van der Waals surface area (Å²) in [7, 11) is 0. The summed E-state index contributed by atoms with van der Waals surface area (Å²) in [5.41, 5.74) is 5.02. The van der Waals surface area contributed by atoms with Crippen molar-refractivity contribution in [1.82, 2.24) is 4.90 Å². The second-order valence-electron chi connectivity index (χ2n) is 2.86. The minimum Gasteiger partial charge on any atom is -0.370 e. The van der Waals surface area contributed by atoms with Crippen molar-refractivity contribution in [2.45, 2.75) is 20.3 Å². The molecule has 0 rings (SSSR count). The summed E-state index contributed by atoms with van der Waals surface area (Å²) in [4.78, 5) is 12.8. The Labute approximate surface area is 85.0 Å². The lowest BCUT2D eigenvalue weighted by molar-refractivity contribution is -0.117. The summed E-state index contributed by atoms with van der Waals surface area (Å²) >= 11 is 1.80. The highest BCUT2D eigenvalue weighted by Crippen LogP contribution is 2.02. The van der Waals surface area contributed by atoms with Gasteiger partial charge in [0.2, 0.25) is 5.91 Å². The van der Waals surface area contributed by atoms with E-state index in [4.69, 9.17) is 5.73 Å². The van der Waals surface area contributed by atoms with Gasteiger partial charge in [0, 0.05) is 24.5 Å². The van der Waals surface area contributed by atoms with E-state index >= 15 is 0 Å². The van der Waals surface area contributed by atoms with Crippen molar-refractivity contribution >= 4 is 17.7 Å². The van der Waals surface area contributed by atoms with Gasteiger partial charge in [-0.1, -0.05) is 13.8 Å². The number of hydrogen-bond donors (Lipinski definition) is 1. The minimum absolute atomic E-state index is 0.199. The fraction of sp³-hybridized carbons (Fsp3) is 0.889. The summed E-state index contributed by atoms with van der Waals surface area (Å²) in [6.45, 7) is 7.64. The number of nitrogens with zero attached hydrogens (tertiary/aromatic N) is 1. The average molecular weight is 204 g/mol. The Bertz CT molecular complexity index is 138. The highest BCUT2D eigenvalue weighted by Gasteiger charge is 1.99. The highest BCUT2D eigenvalue weighted by atomic mass is 32.2. The zero-order chi connectivity index (χ0) is 10.1. The molecule has 0 unspecified atom stereocenters. The van der Waals surface area contributed by atoms with Crippen LogP contribution in [0.1, 0.15) is 20.3 Å². The van der Waals surface area contributed by atoms with Crippen LogP contribution in [-0.4, -0.2) is 41.9 Å². The molecule has 1 amide bonds. The summed E-state index contributed by atoms with van der Waals surface area (Å²) in [6, 6.07) is 0. The summed E-state index contributed by atoms with van der Waals surface area (Å²) in [5.74, 6) is 1.75. The highest BCUT2D eigenvalue weighted by molar-refractivity contribution is 7.99. The Morgan fingerprint density at radius 2 is 1.92 bits per heavy atom. The predicted octanol–water partition coefficient (Wildman–Crippen LogP) is 0.937. The molecule has 0 aliphatic carbocycles. The molecule has 0 aromatic carbocycles. The Kier molecular flexibility index (Phi) is 8.24. The molecule has 0 aromatic rings. The first-order valence-electron chi connectivity index (χ1n) is 4.79. The fourth-order valence-electron chi connectivity index (χ4n) is 1.01. The van der Waals surface area contributed by atoms with Gasteiger partial charge >= 0.3 is 0 Å². The molecule has 0 aliphatic heterocycles. The van der Waals surface area contributed by atoms with Crippen molar-refractivity contribution in [2.75, 3.05) is 31.1 Å². The summed E-state index contributed by atoms with van der Waals surface area (Å²) in [5, 5.41) is 0. The van der Waals surface area contributed by atoms with Gasteiger partial charge in [0.25, 0.3) is 0 Å². The number of carbonyl (C=O) groups is 1. The number of hydrogen-bond acceptors (Lipinski definition) is 3. The molecule has 0 radical (unpaired) electrons. The average Bonchev–Trinajstić information content (AvgIpc) is 2.11. The van der Waals surface area contributed by atoms with Crippen LogP contribution in [0.15, 0.2) is 0 Å². The van der Waals surface area contributed by atoms with E-state index in [0.717, 1.165) is 31.1 Å². The van der Waals surface area contributed by atoms with E-state index in [1.165, 1.54) is 0 Å². The van der Waals surface area contributed by atoms with Crippen LogP contribution in [0.2, 0.25) is 0 Å². The molecular weight excluding hydrogens is 184 g/mol.